The van der Waals surface area contributed by atoms with Crippen molar-refractivity contribution in [3.05, 3.63) is 23.8 Å². The van der Waals surface area contributed by atoms with Crippen LogP contribution in [-0.4, -0.2) is 25.5 Å². The number of fused-ring (bicyclic) bond motifs is 2. The molecule has 4 atom stereocenters. The van der Waals surface area contributed by atoms with Gasteiger partial charge in [0.25, 0.3) is 0 Å². The van der Waals surface area contributed by atoms with Crippen LogP contribution in [-0.2, 0) is 4.74 Å². The Morgan fingerprint density at radius 3 is 2.90 bits per heavy atom. The van der Waals surface area contributed by atoms with Gasteiger partial charge in [-0.05, 0) is 31.0 Å². The van der Waals surface area contributed by atoms with Crippen molar-refractivity contribution in [1.82, 2.24) is 5.32 Å². The molecular weight excluding hydrogens is 266 g/mol. The van der Waals surface area contributed by atoms with E-state index in [0.29, 0.717) is 30.9 Å². The van der Waals surface area contributed by atoms with Crippen LogP contribution >= 0.6 is 0 Å². The van der Waals surface area contributed by atoms with Crippen LogP contribution < -0.4 is 14.8 Å². The summed E-state index contributed by atoms with van der Waals surface area (Å²) in [6.45, 7) is 8.08. The van der Waals surface area contributed by atoms with E-state index >= 15 is 0 Å². The minimum atomic E-state index is 0.214. The first-order valence-corrected chi connectivity index (χ1v) is 7.84. The summed E-state index contributed by atoms with van der Waals surface area (Å²) in [7, 11) is 0. The SMILES string of the molecule is CC(NC1C2CCOC2C1(C)C)c1ccc2c(c1)OCO2. The summed E-state index contributed by atoms with van der Waals surface area (Å²) in [6, 6.07) is 7.03. The summed E-state index contributed by atoms with van der Waals surface area (Å²) < 4.78 is 16.7. The summed E-state index contributed by atoms with van der Waals surface area (Å²) >= 11 is 0. The van der Waals surface area contributed by atoms with Crippen LogP contribution in [0.15, 0.2) is 18.2 Å². The first-order valence-electron chi connectivity index (χ1n) is 7.84. The molecule has 0 bridgehead atoms. The van der Waals surface area contributed by atoms with E-state index in [0.717, 1.165) is 18.1 Å². The van der Waals surface area contributed by atoms with Crippen molar-refractivity contribution < 1.29 is 14.2 Å². The van der Waals surface area contributed by atoms with Gasteiger partial charge in [-0.15, -0.1) is 0 Å². The van der Waals surface area contributed by atoms with Gasteiger partial charge in [0.05, 0.1) is 6.10 Å². The van der Waals surface area contributed by atoms with Gasteiger partial charge in [0.2, 0.25) is 6.79 Å². The maximum atomic E-state index is 5.87. The predicted molar refractivity (Wildman–Crippen MR) is 79.5 cm³/mol. The topological polar surface area (TPSA) is 39.7 Å². The van der Waals surface area contributed by atoms with Gasteiger partial charge in [-0.3, -0.25) is 0 Å². The fraction of sp³-hybridized carbons (Fsp3) is 0.647. The van der Waals surface area contributed by atoms with Crippen LogP contribution in [0, 0.1) is 11.3 Å². The third-order valence-electron chi connectivity index (χ3n) is 5.43. The summed E-state index contributed by atoms with van der Waals surface area (Å²) in [6.07, 6.45) is 1.61. The van der Waals surface area contributed by atoms with Crippen LogP contribution in [0.1, 0.15) is 38.8 Å². The Morgan fingerprint density at radius 2 is 2.05 bits per heavy atom. The van der Waals surface area contributed by atoms with E-state index in [2.05, 4.69) is 38.2 Å². The Hall–Kier alpha value is -1.26. The first kappa shape index (κ1) is 13.4. The van der Waals surface area contributed by atoms with E-state index in [1.165, 1.54) is 12.0 Å². The van der Waals surface area contributed by atoms with E-state index in [9.17, 15) is 0 Å². The third kappa shape index (κ3) is 1.96. The van der Waals surface area contributed by atoms with Gasteiger partial charge in [-0.25, -0.2) is 0 Å². The van der Waals surface area contributed by atoms with Crippen molar-refractivity contribution in [2.75, 3.05) is 13.4 Å². The lowest BCUT2D eigenvalue weighted by molar-refractivity contribution is -0.115. The zero-order chi connectivity index (χ0) is 14.6. The number of hydrogen-bond donors (Lipinski definition) is 1. The van der Waals surface area contributed by atoms with Crippen LogP contribution in [0.3, 0.4) is 0 Å². The minimum absolute atomic E-state index is 0.214. The molecule has 2 heterocycles. The van der Waals surface area contributed by atoms with Crippen molar-refractivity contribution >= 4 is 0 Å². The average Bonchev–Trinajstić information content (AvgIpc) is 3.11. The number of hydrogen-bond acceptors (Lipinski definition) is 4. The van der Waals surface area contributed by atoms with E-state index in [-0.39, 0.29) is 5.41 Å². The van der Waals surface area contributed by atoms with Crippen molar-refractivity contribution in [3.8, 4) is 11.5 Å². The lowest BCUT2D eigenvalue weighted by atomic mass is 9.57. The summed E-state index contributed by atoms with van der Waals surface area (Å²) in [4.78, 5) is 0. The molecule has 4 nitrogen and oxygen atoms in total. The van der Waals surface area contributed by atoms with Crippen molar-refractivity contribution in [2.24, 2.45) is 11.3 Å². The first-order chi connectivity index (χ1) is 10.1. The fourth-order valence-corrected chi connectivity index (χ4v) is 4.21. The molecule has 1 N–H and O–H groups in total. The highest BCUT2D eigenvalue weighted by Crippen LogP contribution is 2.52. The molecule has 1 aromatic carbocycles. The predicted octanol–water partition coefficient (Wildman–Crippen LogP) is 2.88. The smallest absolute Gasteiger partial charge is 0.231 e. The molecule has 2 aliphatic heterocycles. The van der Waals surface area contributed by atoms with Gasteiger partial charge in [-0.1, -0.05) is 19.9 Å². The van der Waals surface area contributed by atoms with Crippen LogP contribution in [0.25, 0.3) is 0 Å². The largest absolute Gasteiger partial charge is 0.454 e. The molecule has 3 aliphatic rings. The molecule has 4 rings (SSSR count). The molecule has 0 amide bonds. The van der Waals surface area contributed by atoms with Crippen molar-refractivity contribution in [3.63, 3.8) is 0 Å². The molecule has 1 aromatic rings. The van der Waals surface area contributed by atoms with Gasteiger partial charge in [-0.2, -0.15) is 0 Å². The van der Waals surface area contributed by atoms with Crippen LogP contribution in [0.2, 0.25) is 0 Å². The number of benzene rings is 1. The number of rotatable bonds is 3. The second-order valence-electron chi connectivity index (χ2n) is 7.04. The van der Waals surface area contributed by atoms with Gasteiger partial charge in [0, 0.05) is 30.0 Å². The Labute approximate surface area is 125 Å². The second kappa shape index (κ2) is 4.62. The van der Waals surface area contributed by atoms with E-state index in [1.54, 1.807) is 0 Å². The summed E-state index contributed by atoms with van der Waals surface area (Å²) in [5, 5.41) is 3.81. The van der Waals surface area contributed by atoms with Crippen molar-refractivity contribution in [2.45, 2.75) is 45.4 Å². The molecule has 0 radical (unpaired) electrons. The molecule has 4 heteroatoms. The zero-order valence-corrected chi connectivity index (χ0v) is 12.9. The fourth-order valence-electron chi connectivity index (χ4n) is 4.21. The average molecular weight is 289 g/mol. The normalized spacial score (nSPS) is 33.4. The Kier molecular flexibility index (Phi) is 2.95. The lowest BCUT2D eigenvalue weighted by Crippen LogP contribution is -2.66. The van der Waals surface area contributed by atoms with Crippen LogP contribution in [0.5, 0.6) is 11.5 Å². The van der Waals surface area contributed by atoms with E-state index < -0.39 is 0 Å². The molecule has 1 saturated carbocycles. The van der Waals surface area contributed by atoms with Gasteiger partial charge < -0.3 is 19.5 Å². The lowest BCUT2D eigenvalue weighted by Gasteiger charge is -2.55. The standard InChI is InChI=1S/C17H23NO3/c1-10(11-4-5-13-14(8-11)21-9-20-13)18-15-12-6-7-19-16(12)17(15,2)3/h4-5,8,10,12,15-16,18H,6-7,9H2,1-3H3. The quantitative estimate of drug-likeness (QED) is 0.929. The zero-order valence-electron chi connectivity index (χ0n) is 12.9. The Morgan fingerprint density at radius 1 is 1.24 bits per heavy atom. The second-order valence-corrected chi connectivity index (χ2v) is 7.04. The molecule has 2 fully saturated rings. The maximum absolute atomic E-state index is 5.87. The van der Waals surface area contributed by atoms with Crippen molar-refractivity contribution in [1.29, 1.82) is 0 Å². The summed E-state index contributed by atoms with van der Waals surface area (Å²) in [5.41, 5.74) is 1.46. The molecule has 21 heavy (non-hydrogen) atoms. The Bertz CT molecular complexity index is 557. The molecule has 114 valence electrons. The molecule has 1 aliphatic carbocycles. The van der Waals surface area contributed by atoms with Gasteiger partial charge >= 0.3 is 0 Å². The number of nitrogens with one attached hydrogen (secondary N) is 1. The molecule has 0 aromatic heterocycles. The highest BCUT2D eigenvalue weighted by atomic mass is 16.7. The molecule has 1 saturated heterocycles. The monoisotopic (exact) mass is 289 g/mol. The highest BCUT2D eigenvalue weighted by Gasteiger charge is 2.59. The van der Waals surface area contributed by atoms with E-state index in [4.69, 9.17) is 14.2 Å². The van der Waals surface area contributed by atoms with Gasteiger partial charge in [0.1, 0.15) is 0 Å². The highest BCUT2D eigenvalue weighted by molar-refractivity contribution is 5.45. The maximum Gasteiger partial charge on any atom is 0.231 e. The number of ether oxygens (including phenoxy) is 3. The Balaban J connectivity index is 1.50. The van der Waals surface area contributed by atoms with Gasteiger partial charge in [0.15, 0.2) is 11.5 Å². The molecule has 0 spiro atoms. The summed E-state index contributed by atoms with van der Waals surface area (Å²) in [5.74, 6) is 2.37. The molecular formula is C17H23NO3. The third-order valence-corrected chi connectivity index (χ3v) is 5.43. The van der Waals surface area contributed by atoms with Crippen LogP contribution in [0.4, 0.5) is 0 Å². The molecule has 4 unspecified atom stereocenters. The minimum Gasteiger partial charge on any atom is -0.454 e. The van der Waals surface area contributed by atoms with E-state index in [1.807, 2.05) is 6.07 Å².